The van der Waals surface area contributed by atoms with Crippen LogP contribution in [0.25, 0.3) is 0 Å². The topological polar surface area (TPSA) is 71.7 Å². The quantitative estimate of drug-likeness (QED) is 0.288. The highest BCUT2D eigenvalue weighted by molar-refractivity contribution is 5.85. The third-order valence-electron chi connectivity index (χ3n) is 8.66. The number of benzene rings is 2. The Kier molecular flexibility index (Phi) is 11.4. The summed E-state index contributed by atoms with van der Waals surface area (Å²) in [6.07, 6.45) is 8.23. The van der Waals surface area contributed by atoms with Crippen molar-refractivity contribution in [2.24, 2.45) is 9.98 Å². The van der Waals surface area contributed by atoms with Gasteiger partial charge in [-0.15, -0.1) is 0 Å². The van der Waals surface area contributed by atoms with Crippen molar-refractivity contribution in [2.45, 2.75) is 117 Å². The maximum atomic E-state index is 11.3. The summed E-state index contributed by atoms with van der Waals surface area (Å²) in [7, 11) is 4.38. The van der Waals surface area contributed by atoms with Crippen LogP contribution in [0.5, 0.6) is 11.5 Å². The summed E-state index contributed by atoms with van der Waals surface area (Å²) < 4.78 is 0. The second kappa shape index (κ2) is 14.2. The van der Waals surface area contributed by atoms with Gasteiger partial charge in [-0.2, -0.15) is 0 Å². The summed E-state index contributed by atoms with van der Waals surface area (Å²) >= 11 is 0. The Morgan fingerprint density at radius 1 is 0.690 bits per heavy atom. The van der Waals surface area contributed by atoms with Gasteiger partial charge in [0.25, 0.3) is 0 Å². The van der Waals surface area contributed by atoms with E-state index in [0.29, 0.717) is 49.8 Å². The van der Waals surface area contributed by atoms with Crippen molar-refractivity contribution in [1.29, 1.82) is 0 Å². The highest BCUT2D eigenvalue weighted by Gasteiger charge is 2.32. The molecular weight excluding hydrogens is 520 g/mol. The molecule has 0 radical (unpaired) electrons. The number of rotatable bonds is 10. The largest absolute Gasteiger partial charge is 0.507 e. The van der Waals surface area contributed by atoms with E-state index in [4.69, 9.17) is 0 Å². The molecule has 0 amide bonds. The van der Waals surface area contributed by atoms with E-state index in [-0.39, 0.29) is 10.8 Å². The maximum absolute atomic E-state index is 11.3. The Hall–Kier alpha value is -2.70. The van der Waals surface area contributed by atoms with E-state index in [1.807, 2.05) is 26.3 Å². The van der Waals surface area contributed by atoms with E-state index in [2.05, 4.69) is 99.7 Å². The predicted molar refractivity (Wildman–Crippen MR) is 179 cm³/mol. The number of aromatic hydroxyl groups is 2. The molecule has 232 valence electrons. The Balaban J connectivity index is 1.91. The van der Waals surface area contributed by atoms with Gasteiger partial charge in [0.2, 0.25) is 0 Å². The van der Waals surface area contributed by atoms with Gasteiger partial charge in [0.05, 0.1) is 0 Å². The molecule has 6 nitrogen and oxygen atoms in total. The van der Waals surface area contributed by atoms with Crippen molar-refractivity contribution in [3.63, 3.8) is 0 Å². The van der Waals surface area contributed by atoms with Crippen molar-refractivity contribution in [3.8, 4) is 11.5 Å². The van der Waals surface area contributed by atoms with Gasteiger partial charge in [0.15, 0.2) is 0 Å². The fourth-order valence-corrected chi connectivity index (χ4v) is 6.01. The molecule has 0 heterocycles. The van der Waals surface area contributed by atoms with Crippen LogP contribution in [0.15, 0.2) is 34.3 Å². The molecule has 2 atom stereocenters. The molecule has 42 heavy (non-hydrogen) atoms. The fourth-order valence-electron chi connectivity index (χ4n) is 6.01. The summed E-state index contributed by atoms with van der Waals surface area (Å²) in [5, 5.41) is 22.5. The molecule has 0 aromatic heterocycles. The first-order chi connectivity index (χ1) is 19.7. The molecule has 0 bridgehead atoms. The normalized spacial score (nSPS) is 18.7. The van der Waals surface area contributed by atoms with Crippen molar-refractivity contribution < 1.29 is 10.2 Å². The first-order valence-electron chi connectivity index (χ1n) is 15.8. The minimum atomic E-state index is -0.0340. The van der Waals surface area contributed by atoms with E-state index >= 15 is 0 Å². The van der Waals surface area contributed by atoms with Gasteiger partial charge in [-0.25, -0.2) is 0 Å². The zero-order valence-corrected chi connectivity index (χ0v) is 28.0. The van der Waals surface area contributed by atoms with Gasteiger partial charge in [-0.3, -0.25) is 19.8 Å². The van der Waals surface area contributed by atoms with Crippen LogP contribution in [0.4, 0.5) is 0 Å². The Morgan fingerprint density at radius 2 is 1.05 bits per heavy atom. The van der Waals surface area contributed by atoms with E-state index in [1.165, 1.54) is 24.0 Å². The molecule has 0 aliphatic heterocycles. The van der Waals surface area contributed by atoms with Gasteiger partial charge in [-0.05, 0) is 74.9 Å². The highest BCUT2D eigenvalue weighted by atomic mass is 16.3. The molecule has 0 saturated heterocycles. The van der Waals surface area contributed by atoms with Gasteiger partial charge < -0.3 is 10.2 Å². The number of aliphatic imine (C=N–C) groups is 2. The molecule has 3 rings (SSSR count). The lowest BCUT2D eigenvalue weighted by Crippen LogP contribution is -2.50. The molecule has 1 aliphatic rings. The molecule has 2 aromatic carbocycles. The zero-order valence-electron chi connectivity index (χ0n) is 28.0. The molecule has 1 aliphatic carbocycles. The number of likely N-dealkylation sites (N-methyl/N-ethyl adjacent to an activating group) is 2. The lowest BCUT2D eigenvalue weighted by molar-refractivity contribution is 0.0684. The SMILES string of the molecule is CC/N=C/c1cc(C(C)(C)C)cc(CN(C)C2CCCCC2N(C)Cc2cc(C(C)(C)C)cc(/C=N/CC)c2O)c1O. The van der Waals surface area contributed by atoms with Crippen LogP contribution in [0.3, 0.4) is 0 Å². The first-order valence-corrected chi connectivity index (χ1v) is 15.8. The van der Waals surface area contributed by atoms with Gasteiger partial charge in [0, 0.05) is 72.9 Å². The molecule has 2 N–H and O–H groups in total. The second-order valence-corrected chi connectivity index (χ2v) is 14.2. The standard InChI is InChI=1S/C36H56N4O2/c1-11-37-21-25-17-29(35(3,4)5)19-27(33(25)41)23-39(9)31-15-13-14-16-32(31)40(10)24-28-20-30(36(6,7)8)18-26(34(28)42)22-38-12-2/h17-22,31-32,41-42H,11-16,23-24H2,1-10H3/b37-21+,38-22+. The van der Waals surface area contributed by atoms with Crippen LogP contribution in [-0.2, 0) is 23.9 Å². The average molecular weight is 577 g/mol. The first kappa shape index (κ1) is 33.8. The third-order valence-corrected chi connectivity index (χ3v) is 8.66. The van der Waals surface area contributed by atoms with Crippen molar-refractivity contribution in [2.75, 3.05) is 27.2 Å². The van der Waals surface area contributed by atoms with E-state index in [9.17, 15) is 10.2 Å². The second-order valence-electron chi connectivity index (χ2n) is 14.2. The average Bonchev–Trinajstić information content (AvgIpc) is 2.92. The van der Waals surface area contributed by atoms with Crippen LogP contribution < -0.4 is 0 Å². The summed E-state index contributed by atoms with van der Waals surface area (Å²) in [6, 6.07) is 9.17. The van der Waals surface area contributed by atoms with Crippen LogP contribution in [0.2, 0.25) is 0 Å². The van der Waals surface area contributed by atoms with Crippen LogP contribution >= 0.6 is 0 Å². The Labute approximate surface area is 255 Å². The Bertz CT molecular complexity index is 1160. The maximum Gasteiger partial charge on any atom is 0.128 e. The minimum absolute atomic E-state index is 0.0340. The van der Waals surface area contributed by atoms with Crippen LogP contribution in [0, 0.1) is 0 Å². The number of phenols is 2. The van der Waals surface area contributed by atoms with E-state index in [1.54, 1.807) is 0 Å². The van der Waals surface area contributed by atoms with Gasteiger partial charge >= 0.3 is 0 Å². The number of hydrogen-bond acceptors (Lipinski definition) is 6. The fraction of sp³-hybridized carbons (Fsp3) is 0.611. The molecule has 1 fully saturated rings. The predicted octanol–water partition coefficient (Wildman–Crippen LogP) is 7.45. The molecule has 1 saturated carbocycles. The van der Waals surface area contributed by atoms with Gasteiger partial charge in [0.1, 0.15) is 11.5 Å². The van der Waals surface area contributed by atoms with Gasteiger partial charge in [-0.1, -0.05) is 66.5 Å². The van der Waals surface area contributed by atoms with E-state index in [0.717, 1.165) is 35.1 Å². The molecule has 0 spiro atoms. The smallest absolute Gasteiger partial charge is 0.128 e. The van der Waals surface area contributed by atoms with Crippen molar-refractivity contribution in [1.82, 2.24) is 9.80 Å². The summed E-state index contributed by atoms with van der Waals surface area (Å²) in [6.45, 7) is 20.0. The molecular formula is C36H56N4O2. The summed E-state index contributed by atoms with van der Waals surface area (Å²) in [5.41, 5.74) is 5.82. The zero-order chi connectivity index (χ0) is 31.2. The third kappa shape index (κ3) is 8.44. The molecule has 6 heteroatoms. The minimum Gasteiger partial charge on any atom is -0.507 e. The highest BCUT2D eigenvalue weighted by Crippen LogP contribution is 2.35. The summed E-state index contributed by atoms with van der Waals surface area (Å²) in [4.78, 5) is 13.7. The van der Waals surface area contributed by atoms with E-state index < -0.39 is 0 Å². The lowest BCUT2D eigenvalue weighted by Gasteiger charge is -2.43. The van der Waals surface area contributed by atoms with Crippen LogP contribution in [-0.4, -0.2) is 71.7 Å². The van der Waals surface area contributed by atoms with Crippen LogP contribution in [0.1, 0.15) is 114 Å². The monoisotopic (exact) mass is 576 g/mol. The lowest BCUT2D eigenvalue weighted by atomic mass is 9.84. The Morgan fingerprint density at radius 3 is 1.36 bits per heavy atom. The number of hydrogen-bond donors (Lipinski definition) is 2. The molecule has 2 aromatic rings. The van der Waals surface area contributed by atoms with Crippen molar-refractivity contribution >= 4 is 12.4 Å². The summed E-state index contributed by atoms with van der Waals surface area (Å²) in [5.74, 6) is 0.663. The molecule has 2 unspecified atom stereocenters. The van der Waals surface area contributed by atoms with Crippen molar-refractivity contribution in [3.05, 3.63) is 57.6 Å². The number of nitrogens with zero attached hydrogens (tertiary/aromatic N) is 4. The number of phenolic OH excluding ortho intramolecular Hbond substituents is 2.